The van der Waals surface area contributed by atoms with Crippen LogP contribution >= 0.6 is 0 Å². The van der Waals surface area contributed by atoms with Crippen molar-refractivity contribution in [1.82, 2.24) is 4.57 Å². The van der Waals surface area contributed by atoms with Gasteiger partial charge in [0.1, 0.15) is 0 Å². The van der Waals surface area contributed by atoms with Crippen molar-refractivity contribution in [3.63, 3.8) is 0 Å². The third kappa shape index (κ3) is 1.99. The van der Waals surface area contributed by atoms with Crippen LogP contribution in [0, 0.1) is 13.8 Å². The van der Waals surface area contributed by atoms with Crippen LogP contribution < -0.4 is 0 Å². The first-order valence-corrected chi connectivity index (χ1v) is 6.11. The van der Waals surface area contributed by atoms with Crippen LogP contribution in [-0.4, -0.2) is 4.57 Å². The van der Waals surface area contributed by atoms with Crippen LogP contribution in [0.1, 0.15) is 44.1 Å². The Morgan fingerprint density at radius 3 is 2.31 bits per heavy atom. The van der Waals surface area contributed by atoms with E-state index in [4.69, 9.17) is 0 Å². The SMILES string of the molecule is CC1=CC([C@@H](C)n2c(C)ccc2C)=CCC1. The minimum Gasteiger partial charge on any atom is -0.342 e. The minimum absolute atomic E-state index is 0.463. The lowest BCUT2D eigenvalue weighted by molar-refractivity contribution is 0.602. The fraction of sp³-hybridized carbons (Fsp3) is 0.467. The fourth-order valence-electron chi connectivity index (χ4n) is 2.61. The Kier molecular flexibility index (Phi) is 3.04. The van der Waals surface area contributed by atoms with E-state index in [1.165, 1.54) is 35.4 Å². The molecule has 1 heterocycles. The Balaban J connectivity index is 2.33. The summed E-state index contributed by atoms with van der Waals surface area (Å²) >= 11 is 0. The highest BCUT2D eigenvalue weighted by molar-refractivity contribution is 5.32. The Morgan fingerprint density at radius 1 is 1.12 bits per heavy atom. The monoisotopic (exact) mass is 215 g/mol. The number of nitrogens with zero attached hydrogens (tertiary/aromatic N) is 1. The molecule has 1 aromatic heterocycles. The molecule has 1 heteroatoms. The second-order valence-corrected chi connectivity index (χ2v) is 4.90. The quantitative estimate of drug-likeness (QED) is 0.692. The molecule has 0 radical (unpaired) electrons. The number of rotatable bonds is 2. The van der Waals surface area contributed by atoms with Crippen LogP contribution in [0.4, 0.5) is 0 Å². The summed E-state index contributed by atoms with van der Waals surface area (Å²) in [6.45, 7) is 8.89. The number of allylic oxidation sites excluding steroid dienone is 4. The lowest BCUT2D eigenvalue weighted by Gasteiger charge is -2.22. The molecule has 2 rings (SSSR count). The topological polar surface area (TPSA) is 4.93 Å². The predicted molar refractivity (Wildman–Crippen MR) is 69.7 cm³/mol. The van der Waals surface area contributed by atoms with Crippen molar-refractivity contribution in [1.29, 1.82) is 0 Å². The molecule has 1 nitrogen and oxygen atoms in total. The van der Waals surface area contributed by atoms with Gasteiger partial charge in [0.15, 0.2) is 0 Å². The third-order valence-electron chi connectivity index (χ3n) is 3.53. The van der Waals surface area contributed by atoms with Gasteiger partial charge in [0.25, 0.3) is 0 Å². The second kappa shape index (κ2) is 4.32. The van der Waals surface area contributed by atoms with Gasteiger partial charge < -0.3 is 4.57 Å². The molecule has 16 heavy (non-hydrogen) atoms. The first kappa shape index (κ1) is 11.3. The van der Waals surface area contributed by atoms with Crippen LogP contribution in [0.15, 0.2) is 35.4 Å². The molecule has 0 aliphatic heterocycles. The molecule has 0 aromatic carbocycles. The molecule has 0 N–H and O–H groups in total. The smallest absolute Gasteiger partial charge is 0.0553 e. The van der Waals surface area contributed by atoms with Crippen LogP contribution in [0.2, 0.25) is 0 Å². The molecule has 1 aromatic rings. The van der Waals surface area contributed by atoms with E-state index in [-0.39, 0.29) is 0 Å². The normalized spacial score (nSPS) is 18.0. The van der Waals surface area contributed by atoms with Crippen LogP contribution in [-0.2, 0) is 0 Å². The highest BCUT2D eigenvalue weighted by Gasteiger charge is 2.14. The maximum Gasteiger partial charge on any atom is 0.0553 e. The molecule has 0 unspecified atom stereocenters. The molecule has 1 aliphatic rings. The lowest BCUT2D eigenvalue weighted by Crippen LogP contribution is -2.11. The van der Waals surface area contributed by atoms with Gasteiger partial charge in [-0.2, -0.15) is 0 Å². The van der Waals surface area contributed by atoms with Crippen molar-refractivity contribution in [3.05, 3.63) is 46.8 Å². The van der Waals surface area contributed by atoms with E-state index in [0.29, 0.717) is 6.04 Å². The number of aromatic nitrogens is 1. The molecular formula is C15H21N. The zero-order chi connectivity index (χ0) is 11.7. The Morgan fingerprint density at radius 2 is 1.75 bits per heavy atom. The van der Waals surface area contributed by atoms with Crippen molar-refractivity contribution in [3.8, 4) is 0 Å². The van der Waals surface area contributed by atoms with Gasteiger partial charge in [-0.15, -0.1) is 0 Å². The molecule has 0 bridgehead atoms. The standard InChI is InChI=1S/C15H21N/c1-11-6-5-7-15(10-11)14(4)16-12(2)8-9-13(16)3/h7-10,14H,5-6H2,1-4H3/t14-/m1/s1. The van der Waals surface area contributed by atoms with Gasteiger partial charge in [-0.1, -0.05) is 17.7 Å². The van der Waals surface area contributed by atoms with Gasteiger partial charge >= 0.3 is 0 Å². The largest absolute Gasteiger partial charge is 0.342 e. The molecule has 1 aliphatic carbocycles. The molecular weight excluding hydrogens is 194 g/mol. The summed E-state index contributed by atoms with van der Waals surface area (Å²) in [6.07, 6.45) is 7.16. The zero-order valence-electron chi connectivity index (χ0n) is 10.7. The molecule has 86 valence electrons. The summed E-state index contributed by atoms with van der Waals surface area (Å²) in [4.78, 5) is 0. The molecule has 0 saturated heterocycles. The Bertz CT molecular complexity index is 427. The van der Waals surface area contributed by atoms with Gasteiger partial charge in [-0.25, -0.2) is 0 Å². The predicted octanol–water partition coefficient (Wildman–Crippen LogP) is 4.33. The van der Waals surface area contributed by atoms with Crippen molar-refractivity contribution in [2.24, 2.45) is 0 Å². The van der Waals surface area contributed by atoms with Gasteiger partial charge in [-0.3, -0.25) is 0 Å². The second-order valence-electron chi connectivity index (χ2n) is 4.90. The first-order valence-electron chi connectivity index (χ1n) is 6.11. The average molecular weight is 215 g/mol. The maximum atomic E-state index is 2.42. The summed E-state index contributed by atoms with van der Waals surface area (Å²) in [5.74, 6) is 0. The van der Waals surface area contributed by atoms with Gasteiger partial charge in [0, 0.05) is 11.4 Å². The molecule has 1 atom stereocenters. The van der Waals surface area contributed by atoms with E-state index in [2.05, 4.69) is 56.5 Å². The van der Waals surface area contributed by atoms with Crippen molar-refractivity contribution in [2.75, 3.05) is 0 Å². The van der Waals surface area contributed by atoms with Crippen LogP contribution in [0.5, 0.6) is 0 Å². The number of aryl methyl sites for hydroxylation is 2. The van der Waals surface area contributed by atoms with E-state index in [1.807, 2.05) is 0 Å². The first-order chi connectivity index (χ1) is 7.59. The summed E-state index contributed by atoms with van der Waals surface area (Å²) in [5, 5.41) is 0. The minimum atomic E-state index is 0.463. The molecule has 0 saturated carbocycles. The van der Waals surface area contributed by atoms with Crippen LogP contribution in [0.25, 0.3) is 0 Å². The van der Waals surface area contributed by atoms with Gasteiger partial charge in [0.2, 0.25) is 0 Å². The Hall–Kier alpha value is -1.24. The number of hydrogen-bond donors (Lipinski definition) is 0. The maximum absolute atomic E-state index is 2.42. The third-order valence-corrected chi connectivity index (χ3v) is 3.53. The van der Waals surface area contributed by atoms with Crippen molar-refractivity contribution >= 4 is 0 Å². The van der Waals surface area contributed by atoms with Crippen molar-refractivity contribution < 1.29 is 0 Å². The molecule has 0 amide bonds. The van der Waals surface area contributed by atoms with E-state index < -0.39 is 0 Å². The van der Waals surface area contributed by atoms with E-state index in [1.54, 1.807) is 0 Å². The lowest BCUT2D eigenvalue weighted by atomic mass is 9.96. The zero-order valence-corrected chi connectivity index (χ0v) is 10.7. The van der Waals surface area contributed by atoms with Crippen molar-refractivity contribution in [2.45, 2.75) is 46.6 Å². The van der Waals surface area contributed by atoms with Crippen LogP contribution in [0.3, 0.4) is 0 Å². The summed E-state index contributed by atoms with van der Waals surface area (Å²) in [7, 11) is 0. The summed E-state index contributed by atoms with van der Waals surface area (Å²) in [6, 6.07) is 4.86. The molecule has 0 fully saturated rings. The Labute approximate surface area is 98.5 Å². The fourth-order valence-corrected chi connectivity index (χ4v) is 2.61. The number of hydrogen-bond acceptors (Lipinski definition) is 0. The van der Waals surface area contributed by atoms with E-state index in [9.17, 15) is 0 Å². The highest BCUT2D eigenvalue weighted by atomic mass is 15.0. The highest BCUT2D eigenvalue weighted by Crippen LogP contribution is 2.28. The van der Waals surface area contributed by atoms with Gasteiger partial charge in [0.05, 0.1) is 6.04 Å². The van der Waals surface area contributed by atoms with E-state index in [0.717, 1.165) is 0 Å². The van der Waals surface area contributed by atoms with E-state index >= 15 is 0 Å². The summed E-state index contributed by atoms with van der Waals surface area (Å²) < 4.78 is 2.42. The van der Waals surface area contributed by atoms with Gasteiger partial charge in [-0.05, 0) is 58.2 Å². The summed E-state index contributed by atoms with van der Waals surface area (Å²) in [5.41, 5.74) is 5.67. The average Bonchev–Trinajstić information content (AvgIpc) is 2.58. The molecule has 0 spiro atoms.